The minimum atomic E-state index is -4.49. The average Bonchev–Trinajstić information content (AvgIpc) is 2.59. The zero-order chi connectivity index (χ0) is 19.3. The molecule has 2 rings (SSSR count). The molecular formula is C18H17F4NO3. The molecule has 0 aromatic heterocycles. The summed E-state index contributed by atoms with van der Waals surface area (Å²) in [5, 5.41) is 2.58. The monoisotopic (exact) mass is 371 g/mol. The van der Waals surface area contributed by atoms with Crippen LogP contribution in [0.5, 0.6) is 11.5 Å². The summed E-state index contributed by atoms with van der Waals surface area (Å²) in [6, 6.07) is 7.99. The number of hydrogen-bond acceptors (Lipinski definition) is 3. The van der Waals surface area contributed by atoms with Crippen molar-refractivity contribution in [1.82, 2.24) is 5.32 Å². The number of methoxy groups -OCH3 is 1. The minimum Gasteiger partial charge on any atom is -0.494 e. The van der Waals surface area contributed by atoms with Gasteiger partial charge in [0, 0.05) is 0 Å². The van der Waals surface area contributed by atoms with E-state index >= 15 is 0 Å². The second-order valence-electron chi connectivity index (χ2n) is 5.50. The molecule has 0 heterocycles. The third kappa shape index (κ3) is 5.11. The van der Waals surface area contributed by atoms with Crippen LogP contribution in [0.4, 0.5) is 17.6 Å². The number of ether oxygens (including phenoxy) is 2. The molecule has 26 heavy (non-hydrogen) atoms. The van der Waals surface area contributed by atoms with Crippen molar-refractivity contribution >= 4 is 5.91 Å². The molecule has 0 bridgehead atoms. The van der Waals surface area contributed by atoms with Crippen LogP contribution < -0.4 is 14.8 Å². The molecule has 0 spiro atoms. The van der Waals surface area contributed by atoms with Gasteiger partial charge < -0.3 is 14.8 Å². The van der Waals surface area contributed by atoms with Crippen molar-refractivity contribution in [2.24, 2.45) is 0 Å². The molecule has 0 unspecified atom stereocenters. The zero-order valence-electron chi connectivity index (χ0n) is 14.1. The molecule has 1 amide bonds. The molecule has 2 aromatic carbocycles. The molecule has 0 saturated carbocycles. The number of amides is 1. The largest absolute Gasteiger partial charge is 0.494 e. The number of carbonyl (C=O) groups excluding carboxylic acids is 1. The number of alkyl halides is 3. The minimum absolute atomic E-state index is 0.0712. The number of nitrogens with one attached hydrogen (secondary N) is 1. The van der Waals surface area contributed by atoms with Crippen molar-refractivity contribution in [3.63, 3.8) is 0 Å². The number of benzene rings is 2. The number of rotatable bonds is 6. The summed E-state index contributed by atoms with van der Waals surface area (Å²) in [6.07, 6.45) is -4.49. The Morgan fingerprint density at radius 2 is 1.92 bits per heavy atom. The molecule has 0 aliphatic carbocycles. The molecular weight excluding hydrogens is 354 g/mol. The van der Waals surface area contributed by atoms with Gasteiger partial charge in [-0.3, -0.25) is 4.79 Å². The Bertz CT molecular complexity index is 777. The molecule has 4 nitrogen and oxygen atoms in total. The van der Waals surface area contributed by atoms with Gasteiger partial charge in [-0.25, -0.2) is 4.39 Å². The molecule has 0 aliphatic heterocycles. The van der Waals surface area contributed by atoms with Crippen molar-refractivity contribution in [2.45, 2.75) is 19.1 Å². The van der Waals surface area contributed by atoms with Gasteiger partial charge >= 0.3 is 6.18 Å². The van der Waals surface area contributed by atoms with E-state index in [1.54, 1.807) is 13.0 Å². The molecule has 0 radical (unpaired) electrons. The standard InChI is InChI=1S/C18H17F4NO3/c1-11(12-6-7-16(25-2)15(19)8-12)23-17(24)10-26-14-5-3-4-13(9-14)18(20,21)22/h3-9,11H,10H2,1-2H3,(H,23,24)/t11-/m0/s1. The van der Waals surface area contributed by atoms with Gasteiger partial charge in [0.1, 0.15) is 5.75 Å². The lowest BCUT2D eigenvalue weighted by molar-refractivity contribution is -0.137. The van der Waals surface area contributed by atoms with E-state index in [1.807, 2.05) is 0 Å². The summed E-state index contributed by atoms with van der Waals surface area (Å²) < 4.78 is 61.5. The molecule has 140 valence electrons. The maximum Gasteiger partial charge on any atom is 0.416 e. The summed E-state index contributed by atoms with van der Waals surface area (Å²) in [7, 11) is 1.34. The topological polar surface area (TPSA) is 47.6 Å². The van der Waals surface area contributed by atoms with Crippen LogP contribution in [0, 0.1) is 5.82 Å². The molecule has 0 aliphatic rings. The summed E-state index contributed by atoms with van der Waals surface area (Å²) >= 11 is 0. The summed E-state index contributed by atoms with van der Waals surface area (Å²) in [4.78, 5) is 11.9. The Kier molecular flexibility index (Phi) is 6.07. The fourth-order valence-corrected chi connectivity index (χ4v) is 2.23. The van der Waals surface area contributed by atoms with Crippen molar-refractivity contribution in [3.05, 3.63) is 59.4 Å². The van der Waals surface area contributed by atoms with Crippen LogP contribution in [0.1, 0.15) is 24.1 Å². The first-order chi connectivity index (χ1) is 12.2. The molecule has 0 fully saturated rings. The summed E-state index contributed by atoms with van der Waals surface area (Å²) in [6.45, 7) is 1.17. The van der Waals surface area contributed by atoms with Gasteiger partial charge in [0.15, 0.2) is 18.2 Å². The zero-order valence-corrected chi connectivity index (χ0v) is 14.1. The highest BCUT2D eigenvalue weighted by Crippen LogP contribution is 2.31. The molecule has 2 aromatic rings. The molecule has 1 atom stereocenters. The fraction of sp³-hybridized carbons (Fsp3) is 0.278. The third-order valence-electron chi connectivity index (χ3n) is 3.58. The predicted octanol–water partition coefficient (Wildman–Crippen LogP) is 4.11. The van der Waals surface area contributed by atoms with Crippen LogP contribution in [0.3, 0.4) is 0 Å². The van der Waals surface area contributed by atoms with Crippen LogP contribution in [-0.2, 0) is 11.0 Å². The first kappa shape index (κ1) is 19.6. The normalized spacial score (nSPS) is 12.4. The Labute approximate surface area is 147 Å². The Hall–Kier alpha value is -2.77. The molecule has 8 heteroatoms. The lowest BCUT2D eigenvalue weighted by Gasteiger charge is -2.16. The second kappa shape index (κ2) is 8.07. The Morgan fingerprint density at radius 1 is 1.19 bits per heavy atom. The Balaban J connectivity index is 1.93. The van der Waals surface area contributed by atoms with Crippen LogP contribution in [0.2, 0.25) is 0 Å². The summed E-state index contributed by atoms with van der Waals surface area (Å²) in [5.74, 6) is -1.10. The highest BCUT2D eigenvalue weighted by Gasteiger charge is 2.30. The van der Waals surface area contributed by atoms with Crippen LogP contribution in [-0.4, -0.2) is 19.6 Å². The summed E-state index contributed by atoms with van der Waals surface area (Å²) in [5.41, 5.74) is -0.354. The number of hydrogen-bond donors (Lipinski definition) is 1. The second-order valence-corrected chi connectivity index (χ2v) is 5.50. The van der Waals surface area contributed by atoms with Gasteiger partial charge in [-0.2, -0.15) is 13.2 Å². The van der Waals surface area contributed by atoms with Gasteiger partial charge in [-0.15, -0.1) is 0 Å². The van der Waals surface area contributed by atoms with Crippen LogP contribution >= 0.6 is 0 Å². The molecule has 1 N–H and O–H groups in total. The van der Waals surface area contributed by atoms with E-state index in [4.69, 9.17) is 9.47 Å². The van der Waals surface area contributed by atoms with Crippen molar-refractivity contribution in [2.75, 3.05) is 13.7 Å². The fourth-order valence-electron chi connectivity index (χ4n) is 2.23. The van der Waals surface area contributed by atoms with Crippen LogP contribution in [0.25, 0.3) is 0 Å². The quantitative estimate of drug-likeness (QED) is 0.778. The molecule has 0 saturated heterocycles. The number of halogens is 4. The van der Waals surface area contributed by atoms with Gasteiger partial charge in [-0.05, 0) is 42.8 Å². The van der Waals surface area contributed by atoms with Crippen molar-refractivity contribution in [3.8, 4) is 11.5 Å². The maximum absolute atomic E-state index is 13.7. The van der Waals surface area contributed by atoms with E-state index in [2.05, 4.69) is 5.32 Å². The average molecular weight is 371 g/mol. The maximum atomic E-state index is 13.7. The lowest BCUT2D eigenvalue weighted by Crippen LogP contribution is -2.31. The highest BCUT2D eigenvalue weighted by atomic mass is 19.4. The lowest BCUT2D eigenvalue weighted by atomic mass is 10.1. The van der Waals surface area contributed by atoms with E-state index < -0.39 is 36.1 Å². The van der Waals surface area contributed by atoms with E-state index in [-0.39, 0.29) is 11.5 Å². The Morgan fingerprint density at radius 3 is 2.54 bits per heavy atom. The van der Waals surface area contributed by atoms with Gasteiger partial charge in [-0.1, -0.05) is 12.1 Å². The smallest absolute Gasteiger partial charge is 0.416 e. The van der Waals surface area contributed by atoms with Gasteiger partial charge in [0.2, 0.25) is 0 Å². The highest BCUT2D eigenvalue weighted by molar-refractivity contribution is 5.78. The SMILES string of the molecule is COc1ccc([C@H](C)NC(=O)COc2cccc(C(F)(F)F)c2)cc1F. The first-order valence-corrected chi connectivity index (χ1v) is 7.63. The van der Waals surface area contributed by atoms with Crippen molar-refractivity contribution in [1.29, 1.82) is 0 Å². The van der Waals surface area contributed by atoms with Gasteiger partial charge in [0.25, 0.3) is 5.91 Å². The predicted molar refractivity (Wildman–Crippen MR) is 86.4 cm³/mol. The van der Waals surface area contributed by atoms with Crippen LogP contribution in [0.15, 0.2) is 42.5 Å². The van der Waals surface area contributed by atoms with E-state index in [9.17, 15) is 22.4 Å². The van der Waals surface area contributed by atoms with Crippen molar-refractivity contribution < 1.29 is 31.8 Å². The van der Waals surface area contributed by atoms with E-state index in [1.165, 1.54) is 31.4 Å². The van der Waals surface area contributed by atoms with Gasteiger partial charge in [0.05, 0.1) is 18.7 Å². The van der Waals surface area contributed by atoms with E-state index in [0.29, 0.717) is 5.56 Å². The first-order valence-electron chi connectivity index (χ1n) is 7.63. The van der Waals surface area contributed by atoms with E-state index in [0.717, 1.165) is 12.1 Å². The number of carbonyl (C=O) groups is 1. The third-order valence-corrected chi connectivity index (χ3v) is 3.58.